The standard InChI is InChI=1S/C13H20N2O3/c1-4-15(8-9-18-5-2)13(17)11-6-7-14(3)12(16)10-11/h6-7,10H,4-5,8-9H2,1-3H3. The second-order valence-electron chi connectivity index (χ2n) is 3.95. The summed E-state index contributed by atoms with van der Waals surface area (Å²) in [5, 5.41) is 0. The van der Waals surface area contributed by atoms with Crippen LogP contribution < -0.4 is 5.56 Å². The molecule has 0 aliphatic carbocycles. The number of hydrogen-bond acceptors (Lipinski definition) is 3. The number of carbonyl (C=O) groups is 1. The van der Waals surface area contributed by atoms with Crippen molar-refractivity contribution in [1.82, 2.24) is 9.47 Å². The molecule has 0 saturated carbocycles. The molecule has 0 aromatic carbocycles. The molecule has 5 heteroatoms. The van der Waals surface area contributed by atoms with E-state index in [0.717, 1.165) is 0 Å². The highest BCUT2D eigenvalue weighted by molar-refractivity contribution is 5.94. The number of hydrogen-bond donors (Lipinski definition) is 0. The van der Waals surface area contributed by atoms with Crippen molar-refractivity contribution < 1.29 is 9.53 Å². The highest BCUT2D eigenvalue weighted by Crippen LogP contribution is 2.02. The monoisotopic (exact) mass is 252 g/mol. The van der Waals surface area contributed by atoms with E-state index in [2.05, 4.69) is 0 Å². The number of pyridine rings is 1. The van der Waals surface area contributed by atoms with Crippen LogP contribution in [0.25, 0.3) is 0 Å². The van der Waals surface area contributed by atoms with Crippen molar-refractivity contribution in [1.29, 1.82) is 0 Å². The molecule has 0 saturated heterocycles. The second kappa shape index (κ2) is 6.96. The van der Waals surface area contributed by atoms with Gasteiger partial charge < -0.3 is 14.2 Å². The molecule has 0 radical (unpaired) electrons. The van der Waals surface area contributed by atoms with Gasteiger partial charge in [-0.1, -0.05) is 0 Å². The van der Waals surface area contributed by atoms with Gasteiger partial charge in [0, 0.05) is 44.6 Å². The number of nitrogens with zero attached hydrogens (tertiary/aromatic N) is 2. The first-order valence-corrected chi connectivity index (χ1v) is 6.13. The summed E-state index contributed by atoms with van der Waals surface area (Å²) in [6.07, 6.45) is 1.60. The van der Waals surface area contributed by atoms with Crippen LogP contribution >= 0.6 is 0 Å². The van der Waals surface area contributed by atoms with Gasteiger partial charge in [0.2, 0.25) is 0 Å². The van der Waals surface area contributed by atoms with E-state index in [1.165, 1.54) is 10.6 Å². The van der Waals surface area contributed by atoms with Crippen LogP contribution in [0.4, 0.5) is 0 Å². The molecule has 5 nitrogen and oxygen atoms in total. The van der Waals surface area contributed by atoms with Gasteiger partial charge in [-0.2, -0.15) is 0 Å². The molecule has 1 amide bonds. The Morgan fingerprint density at radius 2 is 2.17 bits per heavy atom. The number of aryl methyl sites for hydroxylation is 1. The van der Waals surface area contributed by atoms with E-state index in [-0.39, 0.29) is 11.5 Å². The fourth-order valence-corrected chi connectivity index (χ4v) is 1.59. The van der Waals surface area contributed by atoms with E-state index >= 15 is 0 Å². The topological polar surface area (TPSA) is 51.5 Å². The van der Waals surface area contributed by atoms with Gasteiger partial charge in [-0.05, 0) is 19.9 Å². The molecule has 1 aromatic heterocycles. The summed E-state index contributed by atoms with van der Waals surface area (Å²) in [4.78, 5) is 25.3. The Hall–Kier alpha value is -1.62. The average Bonchev–Trinajstić information content (AvgIpc) is 2.37. The minimum Gasteiger partial charge on any atom is -0.380 e. The van der Waals surface area contributed by atoms with Gasteiger partial charge in [-0.25, -0.2) is 0 Å². The molecule has 0 bridgehead atoms. The lowest BCUT2D eigenvalue weighted by Crippen LogP contribution is -2.34. The van der Waals surface area contributed by atoms with Crippen molar-refractivity contribution in [3.63, 3.8) is 0 Å². The van der Waals surface area contributed by atoms with Crippen LogP contribution in [-0.2, 0) is 11.8 Å². The molecule has 0 aliphatic rings. The Morgan fingerprint density at radius 1 is 1.44 bits per heavy atom. The van der Waals surface area contributed by atoms with Crippen molar-refractivity contribution in [2.24, 2.45) is 7.05 Å². The fourth-order valence-electron chi connectivity index (χ4n) is 1.59. The zero-order valence-electron chi connectivity index (χ0n) is 11.2. The minimum atomic E-state index is -0.179. The summed E-state index contributed by atoms with van der Waals surface area (Å²) in [5.74, 6) is -0.130. The first kappa shape index (κ1) is 14.4. The van der Waals surface area contributed by atoms with Gasteiger partial charge in [0.25, 0.3) is 11.5 Å². The maximum Gasteiger partial charge on any atom is 0.254 e. The van der Waals surface area contributed by atoms with Crippen molar-refractivity contribution in [2.45, 2.75) is 13.8 Å². The normalized spacial score (nSPS) is 10.4. The Kier molecular flexibility index (Phi) is 5.58. The molecular formula is C13H20N2O3. The Bertz CT molecular complexity index is 454. The smallest absolute Gasteiger partial charge is 0.254 e. The Labute approximate surface area is 107 Å². The molecule has 0 unspecified atom stereocenters. The minimum absolute atomic E-state index is 0.130. The van der Waals surface area contributed by atoms with Gasteiger partial charge in [-0.15, -0.1) is 0 Å². The van der Waals surface area contributed by atoms with Crippen LogP contribution in [0.5, 0.6) is 0 Å². The highest BCUT2D eigenvalue weighted by Gasteiger charge is 2.14. The molecule has 18 heavy (non-hydrogen) atoms. The quantitative estimate of drug-likeness (QED) is 0.706. The molecule has 0 atom stereocenters. The van der Waals surface area contributed by atoms with Gasteiger partial charge in [0.05, 0.1) is 6.61 Å². The van der Waals surface area contributed by atoms with Crippen molar-refractivity contribution >= 4 is 5.91 Å². The summed E-state index contributed by atoms with van der Waals surface area (Å²) < 4.78 is 6.67. The first-order valence-electron chi connectivity index (χ1n) is 6.13. The molecular weight excluding hydrogens is 232 g/mol. The molecule has 1 aromatic rings. The van der Waals surface area contributed by atoms with E-state index in [9.17, 15) is 9.59 Å². The number of likely N-dealkylation sites (N-methyl/N-ethyl adjacent to an activating group) is 1. The zero-order chi connectivity index (χ0) is 13.5. The van der Waals surface area contributed by atoms with Crippen LogP contribution in [0.2, 0.25) is 0 Å². The van der Waals surface area contributed by atoms with Crippen molar-refractivity contribution in [2.75, 3.05) is 26.3 Å². The lowest BCUT2D eigenvalue weighted by molar-refractivity contribution is 0.0669. The summed E-state index contributed by atoms with van der Waals surface area (Å²) in [5.41, 5.74) is 0.248. The van der Waals surface area contributed by atoms with Gasteiger partial charge >= 0.3 is 0 Å². The van der Waals surface area contributed by atoms with Gasteiger partial charge in [0.15, 0.2) is 0 Å². The summed E-state index contributed by atoms with van der Waals surface area (Å²) in [6.45, 7) is 6.11. The number of ether oxygens (including phenoxy) is 1. The predicted molar refractivity (Wildman–Crippen MR) is 69.8 cm³/mol. The predicted octanol–water partition coefficient (Wildman–Crippen LogP) is 0.884. The first-order chi connectivity index (χ1) is 8.60. The summed E-state index contributed by atoms with van der Waals surface area (Å²) in [6, 6.07) is 3.03. The van der Waals surface area contributed by atoms with Gasteiger partial charge in [-0.3, -0.25) is 9.59 Å². The highest BCUT2D eigenvalue weighted by atomic mass is 16.5. The SMILES string of the molecule is CCOCCN(CC)C(=O)c1ccn(C)c(=O)c1. The van der Waals surface area contributed by atoms with E-state index in [0.29, 0.717) is 31.9 Å². The molecule has 1 heterocycles. The fraction of sp³-hybridized carbons (Fsp3) is 0.538. The zero-order valence-corrected chi connectivity index (χ0v) is 11.2. The maximum absolute atomic E-state index is 12.2. The number of rotatable bonds is 6. The largest absolute Gasteiger partial charge is 0.380 e. The van der Waals surface area contributed by atoms with E-state index < -0.39 is 0 Å². The lowest BCUT2D eigenvalue weighted by atomic mass is 10.2. The third-order valence-corrected chi connectivity index (χ3v) is 2.73. The van der Waals surface area contributed by atoms with E-state index in [1.807, 2.05) is 13.8 Å². The summed E-state index contributed by atoms with van der Waals surface area (Å²) >= 11 is 0. The second-order valence-corrected chi connectivity index (χ2v) is 3.95. The number of aromatic nitrogens is 1. The lowest BCUT2D eigenvalue weighted by Gasteiger charge is -2.20. The van der Waals surface area contributed by atoms with Crippen LogP contribution in [0.15, 0.2) is 23.1 Å². The number of amides is 1. The molecule has 100 valence electrons. The molecule has 1 rings (SSSR count). The molecule has 0 aliphatic heterocycles. The molecule has 0 fully saturated rings. The van der Waals surface area contributed by atoms with Crippen LogP contribution in [0, 0.1) is 0 Å². The average molecular weight is 252 g/mol. The van der Waals surface area contributed by atoms with E-state index in [1.54, 1.807) is 24.2 Å². The molecule has 0 N–H and O–H groups in total. The number of carbonyl (C=O) groups excluding carboxylic acids is 1. The van der Waals surface area contributed by atoms with E-state index in [4.69, 9.17) is 4.74 Å². The molecule has 0 spiro atoms. The van der Waals surface area contributed by atoms with Crippen LogP contribution in [0.3, 0.4) is 0 Å². The third kappa shape index (κ3) is 3.70. The maximum atomic E-state index is 12.2. The summed E-state index contributed by atoms with van der Waals surface area (Å²) in [7, 11) is 1.66. The van der Waals surface area contributed by atoms with Crippen molar-refractivity contribution in [3.05, 3.63) is 34.2 Å². The Balaban J connectivity index is 2.76. The van der Waals surface area contributed by atoms with Gasteiger partial charge in [0.1, 0.15) is 0 Å². The van der Waals surface area contributed by atoms with Crippen LogP contribution in [0.1, 0.15) is 24.2 Å². The van der Waals surface area contributed by atoms with Crippen molar-refractivity contribution in [3.8, 4) is 0 Å². The van der Waals surface area contributed by atoms with Crippen LogP contribution in [-0.4, -0.2) is 41.7 Å². The Morgan fingerprint density at radius 3 is 2.72 bits per heavy atom. The third-order valence-electron chi connectivity index (χ3n) is 2.73.